The predicted molar refractivity (Wildman–Crippen MR) is 82.6 cm³/mol. The lowest BCUT2D eigenvalue weighted by Crippen LogP contribution is -2.55. The average molecular weight is 288 g/mol. The molecule has 0 aromatic heterocycles. The van der Waals surface area contributed by atoms with E-state index in [1.54, 1.807) is 0 Å². The van der Waals surface area contributed by atoms with Gasteiger partial charge in [-0.05, 0) is 80.1 Å². The van der Waals surface area contributed by atoms with Crippen molar-refractivity contribution in [3.63, 3.8) is 0 Å². The summed E-state index contributed by atoms with van der Waals surface area (Å²) in [6.07, 6.45) is 11.8. The molecule has 3 fully saturated rings. The van der Waals surface area contributed by atoms with Gasteiger partial charge in [0.15, 0.2) is 5.78 Å². The Kier molecular flexibility index (Phi) is 2.96. The van der Waals surface area contributed by atoms with Gasteiger partial charge in [-0.25, -0.2) is 0 Å². The second-order valence-electron chi connectivity index (χ2n) is 8.57. The van der Waals surface area contributed by atoms with E-state index in [0.717, 1.165) is 25.7 Å². The highest BCUT2D eigenvalue weighted by molar-refractivity contribution is 5.96. The molecule has 0 radical (unpaired) electrons. The van der Waals surface area contributed by atoms with Gasteiger partial charge in [-0.3, -0.25) is 4.79 Å². The molecule has 0 aromatic rings. The van der Waals surface area contributed by atoms with Crippen LogP contribution in [0.1, 0.15) is 58.8 Å². The fourth-order valence-corrected chi connectivity index (χ4v) is 6.67. The lowest BCUT2D eigenvalue weighted by atomic mass is 9.45. The monoisotopic (exact) mass is 288 g/mol. The number of rotatable bonds is 0. The molecule has 3 saturated carbocycles. The number of aliphatic hydroxyl groups excluding tert-OH is 1. The third-order valence-electron chi connectivity index (χ3n) is 8.07. The van der Waals surface area contributed by atoms with Gasteiger partial charge in [0.1, 0.15) is 0 Å². The van der Waals surface area contributed by atoms with E-state index in [1.807, 2.05) is 6.08 Å². The van der Waals surface area contributed by atoms with E-state index in [9.17, 15) is 9.90 Å². The summed E-state index contributed by atoms with van der Waals surface area (Å²) in [5.41, 5.74) is 0.00442. The molecular formula is C19H28O2. The van der Waals surface area contributed by atoms with Gasteiger partial charge in [0.25, 0.3) is 0 Å². The smallest absolute Gasteiger partial charge is 0.161 e. The van der Waals surface area contributed by atoms with Crippen molar-refractivity contribution in [2.24, 2.45) is 34.5 Å². The van der Waals surface area contributed by atoms with E-state index >= 15 is 0 Å². The van der Waals surface area contributed by atoms with E-state index in [1.165, 1.54) is 19.3 Å². The molecule has 1 N–H and O–H groups in total. The molecule has 0 aliphatic heterocycles. The highest BCUT2D eigenvalue weighted by atomic mass is 16.3. The Morgan fingerprint density at radius 2 is 1.90 bits per heavy atom. The van der Waals surface area contributed by atoms with Gasteiger partial charge in [0.05, 0.1) is 6.10 Å². The van der Waals surface area contributed by atoms with E-state index in [2.05, 4.69) is 19.9 Å². The molecule has 7 atom stereocenters. The second kappa shape index (κ2) is 4.44. The zero-order chi connectivity index (χ0) is 14.8. The molecule has 0 aromatic carbocycles. The van der Waals surface area contributed by atoms with E-state index in [0.29, 0.717) is 29.5 Å². The molecule has 0 amide bonds. The Labute approximate surface area is 128 Å². The first kappa shape index (κ1) is 14.0. The summed E-state index contributed by atoms with van der Waals surface area (Å²) in [5.74, 6) is 2.81. The molecule has 4 rings (SSSR count). The average Bonchev–Trinajstić information content (AvgIpc) is 2.76. The highest BCUT2D eigenvalue weighted by Crippen LogP contribution is 2.64. The Balaban J connectivity index is 1.71. The van der Waals surface area contributed by atoms with Crippen LogP contribution in [-0.2, 0) is 4.79 Å². The zero-order valence-electron chi connectivity index (χ0n) is 13.3. The third-order valence-corrected chi connectivity index (χ3v) is 8.07. The van der Waals surface area contributed by atoms with Crippen molar-refractivity contribution in [3.05, 3.63) is 12.2 Å². The fourth-order valence-electron chi connectivity index (χ4n) is 6.67. The Bertz CT molecular complexity index is 496. The SMILES string of the molecule is C[C@]12C(=O)C=CCC1CC[C@@H]1[C@@H]2CC[C@]2(C)C(O)CC[C@@H]12. The summed E-state index contributed by atoms with van der Waals surface area (Å²) >= 11 is 0. The first-order chi connectivity index (χ1) is 9.98. The molecule has 2 nitrogen and oxygen atoms in total. The number of hydrogen-bond acceptors (Lipinski definition) is 2. The maximum absolute atomic E-state index is 12.7. The number of aliphatic hydroxyl groups is 1. The minimum absolute atomic E-state index is 0.115. The largest absolute Gasteiger partial charge is 0.393 e. The molecule has 4 aliphatic rings. The normalized spacial score (nSPS) is 55.8. The minimum Gasteiger partial charge on any atom is -0.393 e. The van der Waals surface area contributed by atoms with Crippen LogP contribution in [-0.4, -0.2) is 17.0 Å². The van der Waals surface area contributed by atoms with Gasteiger partial charge in [0.2, 0.25) is 0 Å². The maximum atomic E-state index is 12.7. The van der Waals surface area contributed by atoms with Crippen LogP contribution in [0.2, 0.25) is 0 Å². The molecule has 2 heteroatoms. The van der Waals surface area contributed by atoms with Crippen LogP contribution < -0.4 is 0 Å². The fraction of sp³-hybridized carbons (Fsp3) is 0.842. The van der Waals surface area contributed by atoms with Gasteiger partial charge < -0.3 is 5.11 Å². The molecule has 116 valence electrons. The summed E-state index contributed by atoms with van der Waals surface area (Å²) in [6.45, 7) is 4.57. The van der Waals surface area contributed by atoms with Crippen LogP contribution in [0, 0.1) is 34.5 Å². The van der Waals surface area contributed by atoms with Gasteiger partial charge in [-0.1, -0.05) is 19.9 Å². The van der Waals surface area contributed by atoms with Gasteiger partial charge in [-0.2, -0.15) is 0 Å². The van der Waals surface area contributed by atoms with Crippen molar-refractivity contribution in [2.45, 2.75) is 64.9 Å². The number of ketones is 1. The Morgan fingerprint density at radius 1 is 1.10 bits per heavy atom. The topological polar surface area (TPSA) is 37.3 Å². The van der Waals surface area contributed by atoms with Crippen LogP contribution >= 0.6 is 0 Å². The number of fused-ring (bicyclic) bond motifs is 5. The van der Waals surface area contributed by atoms with Crippen molar-refractivity contribution in [2.75, 3.05) is 0 Å². The first-order valence-corrected chi connectivity index (χ1v) is 8.87. The van der Waals surface area contributed by atoms with Crippen LogP contribution in [0.3, 0.4) is 0 Å². The molecule has 0 spiro atoms. The summed E-state index contributed by atoms with van der Waals surface area (Å²) in [5, 5.41) is 10.4. The zero-order valence-corrected chi connectivity index (χ0v) is 13.3. The van der Waals surface area contributed by atoms with Gasteiger partial charge in [0, 0.05) is 5.41 Å². The summed E-state index contributed by atoms with van der Waals surface area (Å²) in [7, 11) is 0. The molecule has 4 aliphatic carbocycles. The minimum atomic E-state index is -0.119. The van der Waals surface area contributed by atoms with E-state index < -0.39 is 0 Å². The van der Waals surface area contributed by atoms with Crippen LogP contribution in [0.5, 0.6) is 0 Å². The second-order valence-corrected chi connectivity index (χ2v) is 8.57. The molecular weight excluding hydrogens is 260 g/mol. The number of carbonyl (C=O) groups excluding carboxylic acids is 1. The number of allylic oxidation sites excluding steroid dienone is 2. The Morgan fingerprint density at radius 3 is 2.71 bits per heavy atom. The molecule has 0 bridgehead atoms. The van der Waals surface area contributed by atoms with Crippen LogP contribution in [0.15, 0.2) is 12.2 Å². The van der Waals surface area contributed by atoms with Crippen molar-refractivity contribution in [1.82, 2.24) is 0 Å². The Hall–Kier alpha value is -0.630. The lowest BCUT2D eigenvalue weighted by molar-refractivity contribution is -0.148. The first-order valence-electron chi connectivity index (χ1n) is 8.87. The highest BCUT2D eigenvalue weighted by Gasteiger charge is 2.61. The van der Waals surface area contributed by atoms with Gasteiger partial charge >= 0.3 is 0 Å². The number of hydrogen-bond donors (Lipinski definition) is 1. The summed E-state index contributed by atoms with van der Waals surface area (Å²) in [4.78, 5) is 12.7. The summed E-state index contributed by atoms with van der Waals surface area (Å²) in [6, 6.07) is 0. The van der Waals surface area contributed by atoms with Crippen molar-refractivity contribution >= 4 is 5.78 Å². The predicted octanol–water partition coefficient (Wildman–Crippen LogP) is 3.74. The van der Waals surface area contributed by atoms with Crippen molar-refractivity contribution in [3.8, 4) is 0 Å². The van der Waals surface area contributed by atoms with E-state index in [4.69, 9.17) is 0 Å². The number of carbonyl (C=O) groups is 1. The van der Waals surface area contributed by atoms with Crippen molar-refractivity contribution < 1.29 is 9.90 Å². The standard InChI is InChI=1S/C19H28O2/c1-18-11-10-15-13(14(18)8-9-16(18)20)7-6-12-4-3-5-17(21)19(12,15)2/h3,5,12-16,20H,4,6-11H2,1-2H3/t12?,13-,14-,15-,16?,18-,19-/m0/s1. The van der Waals surface area contributed by atoms with E-state index in [-0.39, 0.29) is 16.9 Å². The molecule has 0 saturated heterocycles. The third kappa shape index (κ3) is 1.66. The van der Waals surface area contributed by atoms with Crippen molar-refractivity contribution in [1.29, 1.82) is 0 Å². The molecule has 21 heavy (non-hydrogen) atoms. The maximum Gasteiger partial charge on any atom is 0.161 e. The quantitative estimate of drug-likeness (QED) is 0.737. The van der Waals surface area contributed by atoms with Crippen LogP contribution in [0.25, 0.3) is 0 Å². The lowest BCUT2D eigenvalue weighted by Gasteiger charge is -2.58. The van der Waals surface area contributed by atoms with Crippen LogP contribution in [0.4, 0.5) is 0 Å². The molecule has 2 unspecified atom stereocenters. The van der Waals surface area contributed by atoms with Gasteiger partial charge in [-0.15, -0.1) is 0 Å². The molecule has 0 heterocycles. The summed E-state index contributed by atoms with van der Waals surface area (Å²) < 4.78 is 0.